The van der Waals surface area contributed by atoms with Gasteiger partial charge in [0.25, 0.3) is 0 Å². The van der Waals surface area contributed by atoms with Gasteiger partial charge in [-0.3, -0.25) is 0 Å². The summed E-state index contributed by atoms with van der Waals surface area (Å²) in [6.45, 7) is 6.08. The molecule has 1 saturated heterocycles. The molecule has 2 nitrogen and oxygen atoms in total. The van der Waals surface area contributed by atoms with Crippen LogP contribution in [-0.4, -0.2) is 36.6 Å². The molecule has 4 unspecified atom stereocenters. The van der Waals surface area contributed by atoms with E-state index in [0.717, 1.165) is 23.9 Å². The number of allylic oxidation sites excluding steroid dienone is 1. The Bertz CT molecular complexity index is 274. The second kappa shape index (κ2) is 4.50. The second-order valence-corrected chi connectivity index (χ2v) is 5.74. The van der Waals surface area contributed by atoms with Crippen molar-refractivity contribution in [2.45, 2.75) is 44.7 Å². The number of nitrogens with one attached hydrogen (secondary N) is 1. The summed E-state index contributed by atoms with van der Waals surface area (Å²) in [5.41, 5.74) is 0. The molecule has 16 heavy (non-hydrogen) atoms. The zero-order valence-corrected chi connectivity index (χ0v) is 10.4. The summed E-state index contributed by atoms with van der Waals surface area (Å²) in [6.07, 6.45) is 10.4. The highest BCUT2D eigenvalue weighted by atomic mass is 15.2. The Morgan fingerprint density at radius 3 is 3.19 bits per heavy atom. The van der Waals surface area contributed by atoms with Crippen molar-refractivity contribution < 1.29 is 0 Å². The Hall–Kier alpha value is -0.340. The minimum absolute atomic E-state index is 0.758. The molecule has 0 radical (unpaired) electrons. The summed E-state index contributed by atoms with van der Waals surface area (Å²) in [5.74, 6) is 1.86. The normalized spacial score (nSPS) is 43.1. The summed E-state index contributed by atoms with van der Waals surface area (Å²) in [6, 6.07) is 1.55. The van der Waals surface area contributed by atoms with Crippen molar-refractivity contribution in [3.63, 3.8) is 0 Å². The molecule has 90 valence electrons. The van der Waals surface area contributed by atoms with Gasteiger partial charge in [-0.15, -0.1) is 0 Å². The van der Waals surface area contributed by atoms with Crippen molar-refractivity contribution in [2.75, 3.05) is 19.6 Å². The maximum absolute atomic E-state index is 3.90. The molecule has 3 rings (SSSR count). The van der Waals surface area contributed by atoms with Gasteiger partial charge in [0.2, 0.25) is 0 Å². The molecule has 1 aliphatic heterocycles. The molecule has 1 saturated carbocycles. The van der Waals surface area contributed by atoms with Crippen LogP contribution in [0.1, 0.15) is 32.6 Å². The fraction of sp³-hybridized carbons (Fsp3) is 0.857. The zero-order chi connectivity index (χ0) is 11.0. The molecule has 3 aliphatic rings. The average Bonchev–Trinajstić information content (AvgIpc) is 2.68. The summed E-state index contributed by atoms with van der Waals surface area (Å²) in [4.78, 5) is 2.59. The molecular formula is C14H24N2. The standard InChI is InChI=1S/C14H24N2/c1-2-16-8-4-6-12(10-16)15-14-9-11-5-3-7-13(11)14/h3,7,11-15H,2,4-6,8-10H2,1H3. The predicted octanol–water partition coefficient (Wildman–Crippen LogP) is 2.02. The van der Waals surface area contributed by atoms with E-state index in [0.29, 0.717) is 0 Å². The van der Waals surface area contributed by atoms with Gasteiger partial charge < -0.3 is 10.2 Å². The Morgan fingerprint density at radius 1 is 1.44 bits per heavy atom. The lowest BCUT2D eigenvalue weighted by Crippen LogP contribution is -2.55. The first kappa shape index (κ1) is 10.8. The molecule has 0 aromatic heterocycles. The highest BCUT2D eigenvalue weighted by Crippen LogP contribution is 2.43. The van der Waals surface area contributed by atoms with Crippen molar-refractivity contribution >= 4 is 0 Å². The van der Waals surface area contributed by atoms with Gasteiger partial charge in [-0.2, -0.15) is 0 Å². The van der Waals surface area contributed by atoms with Crippen LogP contribution in [0.15, 0.2) is 12.2 Å². The van der Waals surface area contributed by atoms with Gasteiger partial charge in [-0.1, -0.05) is 19.1 Å². The number of rotatable bonds is 3. The Morgan fingerprint density at radius 2 is 2.38 bits per heavy atom. The number of fused-ring (bicyclic) bond motifs is 1. The first-order valence-electron chi connectivity index (χ1n) is 7.02. The maximum atomic E-state index is 3.90. The average molecular weight is 220 g/mol. The maximum Gasteiger partial charge on any atom is 0.0198 e. The third kappa shape index (κ3) is 1.93. The molecule has 0 spiro atoms. The Labute approximate surface area is 99.1 Å². The fourth-order valence-electron chi connectivity index (χ4n) is 3.69. The molecule has 2 heteroatoms. The molecule has 0 aromatic carbocycles. The highest BCUT2D eigenvalue weighted by molar-refractivity contribution is 5.13. The molecule has 0 aromatic rings. The van der Waals surface area contributed by atoms with E-state index in [1.54, 1.807) is 0 Å². The van der Waals surface area contributed by atoms with Crippen LogP contribution in [0.3, 0.4) is 0 Å². The van der Waals surface area contributed by atoms with Crippen molar-refractivity contribution in [3.8, 4) is 0 Å². The zero-order valence-electron chi connectivity index (χ0n) is 10.4. The summed E-state index contributed by atoms with van der Waals surface area (Å²) >= 11 is 0. The van der Waals surface area contributed by atoms with E-state index in [-0.39, 0.29) is 0 Å². The minimum Gasteiger partial charge on any atom is -0.309 e. The molecule has 0 bridgehead atoms. The quantitative estimate of drug-likeness (QED) is 0.732. The van der Waals surface area contributed by atoms with Gasteiger partial charge in [0.05, 0.1) is 0 Å². The van der Waals surface area contributed by atoms with Gasteiger partial charge in [0.15, 0.2) is 0 Å². The van der Waals surface area contributed by atoms with Crippen LogP contribution in [0.25, 0.3) is 0 Å². The van der Waals surface area contributed by atoms with E-state index in [4.69, 9.17) is 0 Å². The van der Waals surface area contributed by atoms with Crippen molar-refractivity contribution in [2.24, 2.45) is 11.8 Å². The van der Waals surface area contributed by atoms with E-state index >= 15 is 0 Å². The van der Waals surface area contributed by atoms with E-state index < -0.39 is 0 Å². The van der Waals surface area contributed by atoms with Gasteiger partial charge in [-0.25, -0.2) is 0 Å². The van der Waals surface area contributed by atoms with Crippen LogP contribution < -0.4 is 5.32 Å². The SMILES string of the molecule is CCN1CCCC(NC2CC3CC=CC32)C1. The molecule has 2 aliphatic carbocycles. The molecule has 1 heterocycles. The van der Waals surface area contributed by atoms with Crippen LogP contribution in [0.2, 0.25) is 0 Å². The minimum atomic E-state index is 0.758. The monoisotopic (exact) mass is 220 g/mol. The van der Waals surface area contributed by atoms with Crippen LogP contribution in [0.5, 0.6) is 0 Å². The van der Waals surface area contributed by atoms with Crippen LogP contribution in [0, 0.1) is 11.8 Å². The molecular weight excluding hydrogens is 196 g/mol. The van der Waals surface area contributed by atoms with Crippen LogP contribution >= 0.6 is 0 Å². The van der Waals surface area contributed by atoms with Crippen LogP contribution in [0.4, 0.5) is 0 Å². The third-order valence-electron chi connectivity index (χ3n) is 4.77. The van der Waals surface area contributed by atoms with Crippen LogP contribution in [-0.2, 0) is 0 Å². The van der Waals surface area contributed by atoms with Gasteiger partial charge in [0.1, 0.15) is 0 Å². The van der Waals surface area contributed by atoms with E-state index in [2.05, 4.69) is 29.3 Å². The fourth-order valence-corrected chi connectivity index (χ4v) is 3.69. The lowest BCUT2D eigenvalue weighted by molar-refractivity contribution is 0.118. The Kier molecular flexibility index (Phi) is 3.03. The number of hydrogen-bond acceptors (Lipinski definition) is 2. The Balaban J connectivity index is 1.49. The van der Waals surface area contributed by atoms with Gasteiger partial charge in [-0.05, 0) is 50.6 Å². The van der Waals surface area contributed by atoms with Gasteiger partial charge >= 0.3 is 0 Å². The van der Waals surface area contributed by atoms with Crippen molar-refractivity contribution in [3.05, 3.63) is 12.2 Å². The number of hydrogen-bond donors (Lipinski definition) is 1. The van der Waals surface area contributed by atoms with Gasteiger partial charge in [0, 0.05) is 18.6 Å². The molecule has 2 fully saturated rings. The topological polar surface area (TPSA) is 15.3 Å². The largest absolute Gasteiger partial charge is 0.309 e. The number of likely N-dealkylation sites (N-methyl/N-ethyl adjacent to an activating group) is 1. The van der Waals surface area contributed by atoms with E-state index in [1.807, 2.05) is 0 Å². The molecule has 0 amide bonds. The number of piperidine rings is 1. The van der Waals surface area contributed by atoms with E-state index in [9.17, 15) is 0 Å². The highest BCUT2D eigenvalue weighted by Gasteiger charge is 2.41. The summed E-state index contributed by atoms with van der Waals surface area (Å²) < 4.78 is 0. The summed E-state index contributed by atoms with van der Waals surface area (Å²) in [5, 5.41) is 3.90. The lowest BCUT2D eigenvalue weighted by atomic mass is 9.71. The molecule has 4 atom stereocenters. The second-order valence-electron chi connectivity index (χ2n) is 5.74. The van der Waals surface area contributed by atoms with Crippen molar-refractivity contribution in [1.29, 1.82) is 0 Å². The first-order chi connectivity index (χ1) is 7.86. The number of likely N-dealkylation sites (tertiary alicyclic amines) is 1. The van der Waals surface area contributed by atoms with E-state index in [1.165, 1.54) is 45.3 Å². The first-order valence-corrected chi connectivity index (χ1v) is 7.02. The lowest BCUT2D eigenvalue weighted by Gasteiger charge is -2.44. The van der Waals surface area contributed by atoms with Crippen molar-refractivity contribution in [1.82, 2.24) is 10.2 Å². The third-order valence-corrected chi connectivity index (χ3v) is 4.77. The smallest absolute Gasteiger partial charge is 0.0198 e. The predicted molar refractivity (Wildman–Crippen MR) is 67.4 cm³/mol. The molecule has 1 N–H and O–H groups in total. The number of nitrogens with zero attached hydrogens (tertiary/aromatic N) is 1. The summed E-state index contributed by atoms with van der Waals surface area (Å²) in [7, 11) is 0.